The van der Waals surface area contributed by atoms with E-state index in [-0.39, 0.29) is 30.0 Å². The summed E-state index contributed by atoms with van der Waals surface area (Å²) < 4.78 is 43.3. The van der Waals surface area contributed by atoms with E-state index in [4.69, 9.17) is 14.8 Å². The molecule has 1 aliphatic heterocycles. The molecule has 0 amide bonds. The summed E-state index contributed by atoms with van der Waals surface area (Å²) in [6.07, 6.45) is -0.634. The van der Waals surface area contributed by atoms with E-state index in [0.29, 0.717) is 11.3 Å². The summed E-state index contributed by atoms with van der Waals surface area (Å²) in [5.74, 6) is 0. The number of hydrogen-bond donors (Lipinski definition) is 0. The fraction of sp³-hybridized carbons (Fsp3) is 0.375. The van der Waals surface area contributed by atoms with Gasteiger partial charge >= 0.3 is 7.12 Å². The maximum absolute atomic E-state index is 8.05. The molecule has 3 rings (SSSR count). The molecule has 0 bridgehead atoms. The van der Waals surface area contributed by atoms with Crippen LogP contribution in [0.25, 0.3) is 11.3 Å². The predicted molar refractivity (Wildman–Crippen MR) is 83.2 cm³/mol. The van der Waals surface area contributed by atoms with Crippen LogP contribution in [-0.4, -0.2) is 28.3 Å². The zero-order valence-electron chi connectivity index (χ0n) is 16.5. The third-order valence-electron chi connectivity index (χ3n) is 3.99. The van der Waals surface area contributed by atoms with Gasteiger partial charge in [0.15, 0.2) is 0 Å². The monoisotopic (exact) mass is 286 g/mol. The summed E-state index contributed by atoms with van der Waals surface area (Å²) in [4.78, 5) is 8.18. The zero-order chi connectivity index (χ0) is 18.6. The summed E-state index contributed by atoms with van der Waals surface area (Å²) in [6, 6.07) is 4.58. The number of nitrogens with zero attached hydrogens (tertiary/aromatic N) is 2. The summed E-state index contributed by atoms with van der Waals surface area (Å²) in [7, 11) is -0.660. The lowest BCUT2D eigenvalue weighted by Crippen LogP contribution is -2.41. The molecule has 0 aromatic carbocycles. The van der Waals surface area contributed by atoms with Crippen molar-refractivity contribution >= 4 is 12.7 Å². The van der Waals surface area contributed by atoms with E-state index in [1.54, 1.807) is 18.2 Å². The minimum absolute atomic E-state index is 0.124. The fourth-order valence-electron chi connectivity index (χ4n) is 2.04. The van der Waals surface area contributed by atoms with Crippen LogP contribution in [-0.2, 0) is 9.31 Å². The summed E-state index contributed by atoms with van der Waals surface area (Å²) in [5, 5.41) is 0. The highest BCUT2D eigenvalue weighted by Crippen LogP contribution is 2.36. The van der Waals surface area contributed by atoms with Crippen molar-refractivity contribution in [2.45, 2.75) is 38.9 Å². The van der Waals surface area contributed by atoms with Gasteiger partial charge in [0.25, 0.3) is 0 Å². The Morgan fingerprint density at radius 1 is 1.14 bits per heavy atom. The van der Waals surface area contributed by atoms with Crippen molar-refractivity contribution in [3.05, 3.63) is 42.6 Å². The van der Waals surface area contributed by atoms with Crippen molar-refractivity contribution in [3.63, 3.8) is 0 Å². The molecule has 3 heterocycles. The van der Waals surface area contributed by atoms with Crippen LogP contribution in [0, 0.1) is 0 Å². The second-order valence-electron chi connectivity index (χ2n) is 6.00. The van der Waals surface area contributed by atoms with Crippen LogP contribution in [0.5, 0.6) is 0 Å². The van der Waals surface area contributed by atoms with Gasteiger partial charge in [-0.2, -0.15) is 0 Å². The molecule has 0 radical (unpaired) electrons. The van der Waals surface area contributed by atoms with Crippen LogP contribution in [0.1, 0.15) is 33.2 Å². The van der Waals surface area contributed by atoms with Gasteiger partial charge in [-0.05, 0) is 51.9 Å². The van der Waals surface area contributed by atoms with Gasteiger partial charge in [0.2, 0.25) is 0 Å². The lowest BCUT2D eigenvalue weighted by atomic mass is 9.84. The summed E-state index contributed by atoms with van der Waals surface area (Å²) >= 11 is 0. The average molecular weight is 286 g/mol. The second kappa shape index (κ2) is 4.93. The smallest absolute Gasteiger partial charge is 0.398 e. The molecule has 108 valence electrons. The van der Waals surface area contributed by atoms with E-state index in [9.17, 15) is 0 Å². The Morgan fingerprint density at radius 3 is 2.57 bits per heavy atom. The number of rotatable bonds is 2. The minimum Gasteiger partial charge on any atom is -0.398 e. The van der Waals surface area contributed by atoms with Crippen molar-refractivity contribution in [1.82, 2.24) is 9.97 Å². The van der Waals surface area contributed by atoms with E-state index < -0.39 is 18.3 Å². The van der Waals surface area contributed by atoms with Gasteiger partial charge in [-0.1, -0.05) is 6.07 Å². The van der Waals surface area contributed by atoms with Gasteiger partial charge in [0.05, 0.1) is 28.0 Å². The highest BCUT2D eigenvalue weighted by Gasteiger charge is 2.52. The standard InChI is InChI=1S/C16H19BN2O2/c1-15(2)16(3,4)21-17(20-15)14-9-5-8-13(19-14)12-7-6-10-18-11-12/h5-11H,1-4H3/i6D,7D,10D,11D. The SMILES string of the molecule is [2H]c1nc([2H])c(-c2cccc(B3OC(C)(C)C(C)(C)O3)n2)c([2H])c1[2H]. The van der Waals surface area contributed by atoms with Crippen molar-refractivity contribution in [3.8, 4) is 11.3 Å². The Kier molecular flexibility index (Phi) is 2.37. The number of pyridine rings is 2. The molecule has 0 spiro atoms. The Balaban J connectivity index is 2.04. The molecule has 0 aliphatic carbocycles. The highest BCUT2D eigenvalue weighted by atomic mass is 16.7. The Bertz CT molecular complexity index is 829. The molecule has 2 aromatic heterocycles. The summed E-state index contributed by atoms with van der Waals surface area (Å²) in [6.45, 7) is 7.79. The lowest BCUT2D eigenvalue weighted by Gasteiger charge is -2.32. The van der Waals surface area contributed by atoms with E-state index >= 15 is 0 Å². The zero-order valence-corrected chi connectivity index (χ0v) is 12.5. The summed E-state index contributed by atoms with van der Waals surface area (Å²) in [5.41, 5.74) is -0.0162. The molecule has 4 nitrogen and oxygen atoms in total. The number of aromatic nitrogens is 2. The Hall–Kier alpha value is -1.72. The first-order valence-electron chi connectivity index (χ1n) is 8.81. The first-order valence-corrected chi connectivity index (χ1v) is 6.81. The molecule has 1 aliphatic rings. The number of hydrogen-bond acceptors (Lipinski definition) is 4. The third kappa shape index (κ3) is 2.59. The molecule has 0 unspecified atom stereocenters. The maximum Gasteiger partial charge on any atom is 0.514 e. The van der Waals surface area contributed by atoms with Crippen LogP contribution in [0.4, 0.5) is 0 Å². The van der Waals surface area contributed by atoms with Gasteiger partial charge in [0.1, 0.15) is 0 Å². The molecule has 1 saturated heterocycles. The van der Waals surface area contributed by atoms with Crippen molar-refractivity contribution in [2.24, 2.45) is 0 Å². The third-order valence-corrected chi connectivity index (χ3v) is 3.99. The first kappa shape index (κ1) is 10.1. The minimum atomic E-state index is -0.660. The molecule has 0 atom stereocenters. The molecule has 5 heteroatoms. The predicted octanol–water partition coefficient (Wildman–Crippen LogP) is 2.44. The average Bonchev–Trinajstić information content (AvgIpc) is 2.74. The molecule has 2 aromatic rings. The van der Waals surface area contributed by atoms with Gasteiger partial charge in [-0.25, -0.2) is 0 Å². The topological polar surface area (TPSA) is 44.2 Å². The molecular formula is C16H19BN2O2. The molecule has 0 saturated carbocycles. The van der Waals surface area contributed by atoms with Crippen LogP contribution in [0.3, 0.4) is 0 Å². The van der Waals surface area contributed by atoms with Gasteiger partial charge in [-0.15, -0.1) is 0 Å². The second-order valence-corrected chi connectivity index (χ2v) is 6.00. The molecule has 21 heavy (non-hydrogen) atoms. The van der Waals surface area contributed by atoms with Crippen LogP contribution in [0.15, 0.2) is 42.6 Å². The Morgan fingerprint density at radius 2 is 1.86 bits per heavy atom. The maximum atomic E-state index is 8.05. The van der Waals surface area contributed by atoms with Crippen LogP contribution in [0.2, 0.25) is 0 Å². The molecule has 0 N–H and O–H groups in total. The van der Waals surface area contributed by atoms with Crippen LogP contribution < -0.4 is 5.59 Å². The Labute approximate surface area is 131 Å². The van der Waals surface area contributed by atoms with Gasteiger partial charge in [0, 0.05) is 17.9 Å². The fourth-order valence-corrected chi connectivity index (χ4v) is 2.04. The van der Waals surface area contributed by atoms with E-state index in [1.165, 1.54) is 0 Å². The normalized spacial score (nSPS) is 22.4. The quantitative estimate of drug-likeness (QED) is 0.795. The van der Waals surface area contributed by atoms with Crippen molar-refractivity contribution in [1.29, 1.82) is 0 Å². The highest BCUT2D eigenvalue weighted by molar-refractivity contribution is 6.61. The first-order chi connectivity index (χ1) is 11.5. The molecule has 1 fully saturated rings. The molecular weight excluding hydrogens is 263 g/mol. The van der Waals surface area contributed by atoms with Gasteiger partial charge in [-0.3, -0.25) is 9.97 Å². The largest absolute Gasteiger partial charge is 0.514 e. The van der Waals surface area contributed by atoms with E-state index in [1.807, 2.05) is 27.7 Å². The van der Waals surface area contributed by atoms with E-state index in [0.717, 1.165) is 0 Å². The lowest BCUT2D eigenvalue weighted by molar-refractivity contribution is 0.00578. The van der Waals surface area contributed by atoms with Gasteiger partial charge < -0.3 is 9.31 Å². The van der Waals surface area contributed by atoms with Crippen LogP contribution >= 0.6 is 0 Å². The van der Waals surface area contributed by atoms with E-state index in [2.05, 4.69) is 9.97 Å². The van der Waals surface area contributed by atoms with Crippen molar-refractivity contribution in [2.75, 3.05) is 0 Å². The van der Waals surface area contributed by atoms with Crippen molar-refractivity contribution < 1.29 is 14.8 Å².